The van der Waals surface area contributed by atoms with Gasteiger partial charge in [-0.3, -0.25) is 9.59 Å². The average molecular weight is 498 g/mol. The predicted molar refractivity (Wildman–Crippen MR) is 144 cm³/mol. The first-order chi connectivity index (χ1) is 17.5. The van der Waals surface area contributed by atoms with E-state index in [-0.39, 0.29) is 28.1 Å². The standard InChI is InChI=1S/C31H35N3O3/c1-6-18-7-9-19(10-8-18)33-34-20-11-12-24(35)21(13-20)27-28-22(14-30(2,3)16-25(28)36)32-23-15-31(4,5)17-26(37)29(23)27/h7-13,27,32,35H,6,14-17H2,1-5H3. The Morgan fingerprint density at radius 1 is 0.811 bits per heavy atom. The molecule has 0 spiro atoms. The number of allylic oxidation sites excluding steroid dienone is 4. The zero-order chi connectivity index (χ0) is 26.5. The Bertz CT molecular complexity index is 1320. The van der Waals surface area contributed by atoms with E-state index in [1.54, 1.807) is 18.2 Å². The van der Waals surface area contributed by atoms with Gasteiger partial charge in [-0.1, -0.05) is 46.8 Å². The van der Waals surface area contributed by atoms with Gasteiger partial charge >= 0.3 is 0 Å². The smallest absolute Gasteiger partial charge is 0.162 e. The lowest BCUT2D eigenvalue weighted by atomic mass is 9.64. The van der Waals surface area contributed by atoms with Gasteiger partial charge in [0.05, 0.1) is 11.4 Å². The van der Waals surface area contributed by atoms with Gasteiger partial charge in [0, 0.05) is 46.9 Å². The molecule has 0 unspecified atom stereocenters. The number of rotatable bonds is 4. The topological polar surface area (TPSA) is 91.1 Å². The van der Waals surface area contributed by atoms with Gasteiger partial charge in [0.1, 0.15) is 5.75 Å². The van der Waals surface area contributed by atoms with Crippen LogP contribution in [0.4, 0.5) is 11.4 Å². The Morgan fingerprint density at radius 3 is 1.86 bits per heavy atom. The van der Waals surface area contributed by atoms with Crippen LogP contribution >= 0.6 is 0 Å². The van der Waals surface area contributed by atoms with Crippen molar-refractivity contribution in [2.75, 3.05) is 0 Å². The van der Waals surface area contributed by atoms with Crippen LogP contribution in [0.25, 0.3) is 0 Å². The number of phenols is 1. The molecule has 5 rings (SSSR count). The number of phenolic OH excluding ortho intramolecular Hbond substituents is 1. The second-order valence-corrected chi connectivity index (χ2v) is 12.2. The van der Waals surface area contributed by atoms with Gasteiger partial charge in [-0.25, -0.2) is 0 Å². The van der Waals surface area contributed by atoms with Gasteiger partial charge in [-0.15, -0.1) is 0 Å². The van der Waals surface area contributed by atoms with Crippen LogP contribution in [0.1, 0.15) is 77.3 Å². The number of benzene rings is 2. The van der Waals surface area contributed by atoms with Crippen LogP contribution in [0.3, 0.4) is 0 Å². The molecule has 192 valence electrons. The summed E-state index contributed by atoms with van der Waals surface area (Å²) >= 11 is 0. The van der Waals surface area contributed by atoms with E-state index in [1.807, 2.05) is 24.3 Å². The fourth-order valence-corrected chi connectivity index (χ4v) is 5.95. The van der Waals surface area contributed by atoms with E-state index in [0.29, 0.717) is 48.1 Å². The Labute approximate surface area is 218 Å². The summed E-state index contributed by atoms with van der Waals surface area (Å²) in [5, 5.41) is 23.3. The number of ketones is 2. The summed E-state index contributed by atoms with van der Waals surface area (Å²) in [6.07, 6.45) is 3.19. The maximum absolute atomic E-state index is 13.5. The number of carbonyl (C=O) groups is 2. The van der Waals surface area contributed by atoms with Crippen molar-refractivity contribution in [1.29, 1.82) is 0 Å². The zero-order valence-electron chi connectivity index (χ0n) is 22.3. The number of Topliss-reactive ketones (excluding diaryl/α,β-unsaturated/α-hetero) is 2. The third-order valence-corrected chi connectivity index (χ3v) is 7.67. The highest BCUT2D eigenvalue weighted by molar-refractivity contribution is 6.07. The molecule has 2 N–H and O–H groups in total. The van der Waals surface area contributed by atoms with Crippen LogP contribution in [-0.2, 0) is 16.0 Å². The van der Waals surface area contributed by atoms with Crippen molar-refractivity contribution in [1.82, 2.24) is 5.32 Å². The second kappa shape index (κ2) is 9.09. The molecular weight excluding hydrogens is 462 g/mol. The number of azo groups is 1. The molecule has 0 atom stereocenters. The summed E-state index contributed by atoms with van der Waals surface area (Å²) < 4.78 is 0. The fourth-order valence-electron chi connectivity index (χ4n) is 5.95. The minimum absolute atomic E-state index is 0.0235. The Kier molecular flexibility index (Phi) is 6.17. The predicted octanol–water partition coefficient (Wildman–Crippen LogP) is 7.34. The molecular formula is C31H35N3O3. The molecule has 6 nitrogen and oxygen atoms in total. The van der Waals surface area contributed by atoms with Crippen LogP contribution in [0.15, 0.2) is 75.2 Å². The lowest BCUT2D eigenvalue weighted by Crippen LogP contribution is -2.42. The number of dihydropyridines is 1. The van der Waals surface area contributed by atoms with Crippen LogP contribution in [0, 0.1) is 10.8 Å². The number of aryl methyl sites for hydroxylation is 1. The third kappa shape index (κ3) is 4.89. The van der Waals surface area contributed by atoms with Crippen molar-refractivity contribution in [3.8, 4) is 5.75 Å². The largest absolute Gasteiger partial charge is 0.508 e. The molecule has 0 aromatic heterocycles. The van der Waals surface area contributed by atoms with Gasteiger partial charge in [0.15, 0.2) is 11.6 Å². The number of hydrogen-bond acceptors (Lipinski definition) is 6. The van der Waals surface area contributed by atoms with Gasteiger partial charge < -0.3 is 10.4 Å². The monoisotopic (exact) mass is 497 g/mol. The first-order valence-electron chi connectivity index (χ1n) is 13.1. The van der Waals surface area contributed by atoms with Crippen molar-refractivity contribution in [2.24, 2.45) is 21.1 Å². The third-order valence-electron chi connectivity index (χ3n) is 7.67. The van der Waals surface area contributed by atoms with Gasteiger partial charge in [0.2, 0.25) is 0 Å². The number of aromatic hydroxyl groups is 1. The van der Waals surface area contributed by atoms with E-state index in [2.05, 4.69) is 50.2 Å². The maximum atomic E-state index is 13.5. The van der Waals surface area contributed by atoms with Crippen molar-refractivity contribution in [3.63, 3.8) is 0 Å². The first-order valence-corrected chi connectivity index (χ1v) is 13.1. The number of nitrogens with zero attached hydrogens (tertiary/aromatic N) is 2. The molecule has 0 fully saturated rings. The van der Waals surface area contributed by atoms with Gasteiger partial charge in [-0.05, 0) is 66.0 Å². The van der Waals surface area contributed by atoms with Gasteiger partial charge in [0.25, 0.3) is 0 Å². The van der Waals surface area contributed by atoms with E-state index in [9.17, 15) is 14.7 Å². The van der Waals surface area contributed by atoms with E-state index >= 15 is 0 Å². The Morgan fingerprint density at radius 2 is 1.32 bits per heavy atom. The van der Waals surface area contributed by atoms with Crippen LogP contribution in [0.5, 0.6) is 5.75 Å². The molecule has 0 radical (unpaired) electrons. The fraction of sp³-hybridized carbons (Fsp3) is 0.419. The molecule has 3 aliphatic rings. The van der Waals surface area contributed by atoms with Crippen molar-refractivity contribution >= 4 is 22.9 Å². The SMILES string of the molecule is CCc1ccc(N=Nc2ccc(O)c(C3C4=C(CC(C)(C)CC4=O)NC4=C3C(=O)CC(C)(C)C4)c2)cc1. The molecule has 37 heavy (non-hydrogen) atoms. The average Bonchev–Trinajstić information content (AvgIpc) is 2.81. The zero-order valence-corrected chi connectivity index (χ0v) is 22.3. The minimum Gasteiger partial charge on any atom is -0.508 e. The van der Waals surface area contributed by atoms with Crippen LogP contribution in [-0.4, -0.2) is 16.7 Å². The number of hydrogen-bond donors (Lipinski definition) is 2. The van der Waals surface area contributed by atoms with Crippen LogP contribution < -0.4 is 5.32 Å². The lowest BCUT2D eigenvalue weighted by Gasteiger charge is -2.44. The summed E-state index contributed by atoms with van der Waals surface area (Å²) in [7, 11) is 0. The van der Waals surface area contributed by atoms with Gasteiger partial charge in [-0.2, -0.15) is 10.2 Å². The van der Waals surface area contributed by atoms with E-state index in [1.165, 1.54) is 5.56 Å². The molecule has 6 heteroatoms. The highest BCUT2D eigenvalue weighted by atomic mass is 16.3. The first kappa shape index (κ1) is 25.1. The van der Waals surface area contributed by atoms with Crippen molar-refractivity contribution in [3.05, 3.63) is 76.1 Å². The second-order valence-electron chi connectivity index (χ2n) is 12.2. The number of carbonyl (C=O) groups excluding carboxylic acids is 2. The summed E-state index contributed by atoms with van der Waals surface area (Å²) in [5.74, 6) is -0.518. The highest BCUT2D eigenvalue weighted by Gasteiger charge is 2.47. The minimum atomic E-state index is -0.613. The molecule has 1 heterocycles. The number of nitrogens with one attached hydrogen (secondary N) is 1. The maximum Gasteiger partial charge on any atom is 0.162 e. The summed E-state index contributed by atoms with van der Waals surface area (Å²) in [5.41, 5.74) is 5.65. The summed E-state index contributed by atoms with van der Waals surface area (Å²) in [6, 6.07) is 13.0. The molecule has 0 bridgehead atoms. The molecule has 2 aliphatic carbocycles. The quantitative estimate of drug-likeness (QED) is 0.432. The van der Waals surface area contributed by atoms with Crippen molar-refractivity contribution in [2.45, 2.75) is 72.6 Å². The van der Waals surface area contributed by atoms with E-state index in [4.69, 9.17) is 0 Å². The van der Waals surface area contributed by atoms with E-state index < -0.39 is 5.92 Å². The molecule has 0 saturated heterocycles. The molecule has 2 aromatic carbocycles. The highest BCUT2D eigenvalue weighted by Crippen LogP contribution is 2.52. The molecule has 2 aromatic rings. The van der Waals surface area contributed by atoms with E-state index in [0.717, 1.165) is 23.5 Å². The Hall–Kier alpha value is -3.54. The molecule has 0 amide bonds. The lowest BCUT2D eigenvalue weighted by molar-refractivity contribution is -0.119. The van der Waals surface area contributed by atoms with Crippen LogP contribution in [0.2, 0.25) is 0 Å². The summed E-state index contributed by atoms with van der Waals surface area (Å²) in [6.45, 7) is 10.5. The van der Waals surface area contributed by atoms with Crippen molar-refractivity contribution < 1.29 is 14.7 Å². The Balaban J connectivity index is 1.61. The molecule has 1 aliphatic heterocycles. The molecule has 0 saturated carbocycles. The summed E-state index contributed by atoms with van der Waals surface area (Å²) in [4.78, 5) is 27.1. The normalized spacial score (nSPS) is 21.2.